The number of carbonyl (C=O) groups excluding carboxylic acids is 1. The van der Waals surface area contributed by atoms with E-state index in [9.17, 15) is 15.0 Å². The van der Waals surface area contributed by atoms with Gasteiger partial charge in [0, 0.05) is 6.42 Å². The van der Waals surface area contributed by atoms with E-state index in [1.807, 2.05) is 0 Å². The summed E-state index contributed by atoms with van der Waals surface area (Å²) in [5.74, 6) is 3.17. The fraction of sp³-hybridized carbons (Fsp3) is 0.960. The molecule has 4 heteroatoms. The van der Waals surface area contributed by atoms with Gasteiger partial charge in [0.25, 0.3) is 0 Å². The number of aliphatic hydroxyl groups excluding tert-OH is 2. The molecule has 0 spiro atoms. The molecule has 29 heavy (non-hydrogen) atoms. The Labute approximate surface area is 176 Å². The molecule has 4 fully saturated rings. The number of hydrogen-bond donors (Lipinski definition) is 2. The quantitative estimate of drug-likeness (QED) is 0.671. The minimum Gasteiger partial charge on any atom is -0.469 e. The van der Waals surface area contributed by atoms with E-state index in [4.69, 9.17) is 4.74 Å². The topological polar surface area (TPSA) is 66.8 Å². The van der Waals surface area contributed by atoms with E-state index in [1.54, 1.807) is 0 Å². The van der Waals surface area contributed by atoms with Gasteiger partial charge in [0.05, 0.1) is 19.3 Å². The molecule has 4 saturated carbocycles. The van der Waals surface area contributed by atoms with Crippen LogP contribution in [0.4, 0.5) is 0 Å². The molecule has 0 bridgehead atoms. The molecule has 2 N–H and O–H groups in total. The maximum Gasteiger partial charge on any atom is 0.305 e. The van der Waals surface area contributed by atoms with Crippen molar-refractivity contribution in [3.8, 4) is 0 Å². The minimum absolute atomic E-state index is 0.0959. The van der Waals surface area contributed by atoms with E-state index in [-0.39, 0.29) is 23.6 Å². The summed E-state index contributed by atoms with van der Waals surface area (Å²) >= 11 is 0. The number of fused-ring (bicyclic) bond motifs is 5. The Morgan fingerprint density at radius 3 is 2.45 bits per heavy atom. The van der Waals surface area contributed by atoms with Gasteiger partial charge in [-0.1, -0.05) is 20.8 Å². The molecule has 4 nitrogen and oxygen atoms in total. The van der Waals surface area contributed by atoms with Gasteiger partial charge in [0.15, 0.2) is 0 Å². The zero-order chi connectivity index (χ0) is 21.0. The van der Waals surface area contributed by atoms with Crippen molar-refractivity contribution in [2.75, 3.05) is 7.11 Å². The molecule has 0 aromatic carbocycles. The van der Waals surface area contributed by atoms with Gasteiger partial charge in [0.1, 0.15) is 0 Å². The lowest BCUT2D eigenvalue weighted by Crippen LogP contribution is -2.58. The molecule has 0 aromatic heterocycles. The monoisotopic (exact) mass is 406 g/mol. The number of esters is 1. The molecular weight excluding hydrogens is 364 g/mol. The van der Waals surface area contributed by atoms with Crippen molar-refractivity contribution in [1.82, 2.24) is 0 Å². The maximum atomic E-state index is 11.6. The van der Waals surface area contributed by atoms with Crippen LogP contribution in [0.5, 0.6) is 0 Å². The Morgan fingerprint density at radius 1 is 1.03 bits per heavy atom. The fourth-order valence-corrected chi connectivity index (χ4v) is 8.82. The predicted molar refractivity (Wildman–Crippen MR) is 113 cm³/mol. The van der Waals surface area contributed by atoms with E-state index in [0.29, 0.717) is 47.3 Å². The zero-order valence-electron chi connectivity index (χ0n) is 18.9. The highest BCUT2D eigenvalue weighted by Crippen LogP contribution is 2.68. The molecule has 0 aliphatic heterocycles. The summed E-state index contributed by atoms with van der Waals surface area (Å²) in [6, 6.07) is 0. The highest BCUT2D eigenvalue weighted by molar-refractivity contribution is 5.69. The van der Waals surface area contributed by atoms with Crippen molar-refractivity contribution >= 4 is 5.97 Å². The lowest BCUT2D eigenvalue weighted by molar-refractivity contribution is -0.174. The summed E-state index contributed by atoms with van der Waals surface area (Å²) in [6.45, 7) is 7.29. The third-order valence-electron chi connectivity index (χ3n) is 10.4. The predicted octanol–water partition coefficient (Wildman–Crippen LogP) is 4.57. The van der Waals surface area contributed by atoms with Crippen molar-refractivity contribution < 1.29 is 19.7 Å². The van der Waals surface area contributed by atoms with Gasteiger partial charge in [0.2, 0.25) is 0 Å². The largest absolute Gasteiger partial charge is 0.469 e. The zero-order valence-corrected chi connectivity index (χ0v) is 18.9. The van der Waals surface area contributed by atoms with Gasteiger partial charge in [-0.25, -0.2) is 0 Å². The average Bonchev–Trinajstić information content (AvgIpc) is 3.04. The van der Waals surface area contributed by atoms with Crippen LogP contribution in [0, 0.1) is 46.3 Å². The lowest BCUT2D eigenvalue weighted by atomic mass is 9.43. The summed E-state index contributed by atoms with van der Waals surface area (Å²) in [5, 5.41) is 21.5. The molecular formula is C25H42O4. The Bertz CT molecular complexity index is 620. The van der Waals surface area contributed by atoms with Crippen molar-refractivity contribution in [3.05, 3.63) is 0 Å². The second-order valence-electron chi connectivity index (χ2n) is 11.5. The van der Waals surface area contributed by atoms with Gasteiger partial charge in [-0.3, -0.25) is 4.79 Å². The standard InChI is InChI=1S/C25H42O4/c1-15(5-8-22(28)29-4)18-6-7-19-23-20(10-12-25(18,19)3)24(2)11-9-17(26)13-16(24)14-21(23)27/h15-21,23,26-27H,5-14H2,1-4H3/t15-,16?,17+,18-,19-,20-,21+,23?,24+,25-/m1/s1. The number of rotatable bonds is 4. The van der Waals surface area contributed by atoms with E-state index >= 15 is 0 Å². The molecule has 166 valence electrons. The molecule has 2 unspecified atom stereocenters. The van der Waals surface area contributed by atoms with E-state index in [0.717, 1.165) is 32.1 Å². The second kappa shape index (κ2) is 7.82. The van der Waals surface area contributed by atoms with Crippen LogP contribution in [-0.2, 0) is 9.53 Å². The first-order valence-electron chi connectivity index (χ1n) is 12.1. The summed E-state index contributed by atoms with van der Waals surface area (Å²) in [5.41, 5.74) is 0.577. The average molecular weight is 407 g/mol. The highest BCUT2D eigenvalue weighted by atomic mass is 16.5. The first-order chi connectivity index (χ1) is 13.7. The summed E-state index contributed by atoms with van der Waals surface area (Å²) in [4.78, 5) is 11.6. The normalized spacial score (nSPS) is 50.2. The van der Waals surface area contributed by atoms with Gasteiger partial charge >= 0.3 is 5.97 Å². The fourth-order valence-electron chi connectivity index (χ4n) is 8.82. The van der Waals surface area contributed by atoms with Crippen LogP contribution < -0.4 is 0 Å². The maximum absolute atomic E-state index is 11.6. The number of aliphatic hydroxyl groups is 2. The molecule has 10 atom stereocenters. The number of ether oxygens (including phenoxy) is 1. The Hall–Kier alpha value is -0.610. The van der Waals surface area contributed by atoms with E-state index in [2.05, 4.69) is 20.8 Å². The summed E-state index contributed by atoms with van der Waals surface area (Å²) in [6.07, 6.45) is 9.80. The third-order valence-corrected chi connectivity index (χ3v) is 10.4. The molecule has 0 saturated heterocycles. The molecule has 4 rings (SSSR count). The first kappa shape index (κ1) is 21.6. The van der Waals surface area contributed by atoms with Crippen LogP contribution in [0.15, 0.2) is 0 Å². The number of hydrogen-bond acceptors (Lipinski definition) is 4. The highest BCUT2D eigenvalue weighted by Gasteiger charge is 2.62. The first-order valence-corrected chi connectivity index (χ1v) is 12.1. The summed E-state index contributed by atoms with van der Waals surface area (Å²) < 4.78 is 4.86. The van der Waals surface area contributed by atoms with Crippen molar-refractivity contribution in [3.63, 3.8) is 0 Å². The number of carbonyl (C=O) groups is 1. The SMILES string of the molecule is COC(=O)CC[C@@H](C)[C@H]1CC[C@@H]2C3[C@@H](CC[C@@]21C)[C@@]1(C)CC[C@H](O)CC1C[C@@H]3O. The summed E-state index contributed by atoms with van der Waals surface area (Å²) in [7, 11) is 1.48. The van der Waals surface area contributed by atoms with Crippen molar-refractivity contribution in [2.24, 2.45) is 46.3 Å². The van der Waals surface area contributed by atoms with Crippen LogP contribution in [0.2, 0.25) is 0 Å². The van der Waals surface area contributed by atoms with Gasteiger partial charge in [-0.05, 0) is 104 Å². The molecule has 0 radical (unpaired) electrons. The van der Waals surface area contributed by atoms with Gasteiger partial charge in [-0.2, -0.15) is 0 Å². The van der Waals surface area contributed by atoms with Crippen molar-refractivity contribution in [2.45, 2.75) is 97.2 Å². The van der Waals surface area contributed by atoms with Crippen LogP contribution in [0.1, 0.15) is 85.0 Å². The molecule has 4 aliphatic rings. The Morgan fingerprint density at radius 2 is 1.72 bits per heavy atom. The molecule has 0 amide bonds. The van der Waals surface area contributed by atoms with Crippen LogP contribution in [-0.4, -0.2) is 35.5 Å². The smallest absolute Gasteiger partial charge is 0.305 e. The van der Waals surface area contributed by atoms with Gasteiger partial charge < -0.3 is 14.9 Å². The van der Waals surface area contributed by atoms with Crippen LogP contribution >= 0.6 is 0 Å². The minimum atomic E-state index is -0.211. The third kappa shape index (κ3) is 3.46. The van der Waals surface area contributed by atoms with E-state index < -0.39 is 0 Å². The second-order valence-corrected chi connectivity index (χ2v) is 11.5. The van der Waals surface area contributed by atoms with E-state index in [1.165, 1.54) is 32.8 Å². The van der Waals surface area contributed by atoms with Crippen molar-refractivity contribution in [1.29, 1.82) is 0 Å². The van der Waals surface area contributed by atoms with Gasteiger partial charge in [-0.15, -0.1) is 0 Å². The Balaban J connectivity index is 1.53. The Kier molecular flexibility index (Phi) is 5.83. The van der Waals surface area contributed by atoms with Crippen LogP contribution in [0.3, 0.4) is 0 Å². The lowest BCUT2D eigenvalue weighted by Gasteiger charge is -2.62. The molecule has 4 aliphatic carbocycles. The molecule has 0 aromatic rings. The van der Waals surface area contributed by atoms with Crippen LogP contribution in [0.25, 0.3) is 0 Å². The molecule has 0 heterocycles. The number of methoxy groups -OCH3 is 1.